The van der Waals surface area contributed by atoms with E-state index in [2.05, 4.69) is 10.6 Å². The van der Waals surface area contributed by atoms with Gasteiger partial charge in [-0.25, -0.2) is 4.79 Å². The molecule has 9 heteroatoms. The van der Waals surface area contributed by atoms with E-state index >= 15 is 0 Å². The van der Waals surface area contributed by atoms with Crippen molar-refractivity contribution in [2.45, 2.75) is 110 Å². The van der Waals surface area contributed by atoms with E-state index in [4.69, 9.17) is 10.5 Å². The van der Waals surface area contributed by atoms with Gasteiger partial charge in [-0.05, 0) is 90.8 Å². The highest BCUT2D eigenvalue weighted by Gasteiger charge is 2.42. The molecule has 1 fully saturated rings. The molecule has 0 heterocycles. The second-order valence-corrected chi connectivity index (χ2v) is 10.9. The Morgan fingerprint density at radius 1 is 1.11 bits per heavy atom. The van der Waals surface area contributed by atoms with E-state index in [9.17, 15) is 19.2 Å². The van der Waals surface area contributed by atoms with Crippen molar-refractivity contribution in [2.24, 2.45) is 5.73 Å². The molecule has 1 aromatic rings. The van der Waals surface area contributed by atoms with Gasteiger partial charge in [0.1, 0.15) is 17.7 Å². The summed E-state index contributed by atoms with van der Waals surface area (Å²) in [5, 5.41) is 5.60. The number of primary amides is 1. The minimum Gasteiger partial charge on any atom is -0.444 e. The number of nitrogens with zero attached hydrogens (tertiary/aromatic N) is 1. The second-order valence-electron chi connectivity index (χ2n) is 10.9. The fourth-order valence-corrected chi connectivity index (χ4v) is 4.21. The number of nitrogens with one attached hydrogen (secondary N) is 2. The molecule has 4 N–H and O–H groups in total. The Morgan fingerprint density at radius 2 is 1.75 bits per heavy atom. The lowest BCUT2D eigenvalue weighted by Gasteiger charge is -2.44. The first-order valence-corrected chi connectivity index (χ1v) is 12.7. The first-order valence-electron chi connectivity index (χ1n) is 12.7. The largest absolute Gasteiger partial charge is 0.444 e. The summed E-state index contributed by atoms with van der Waals surface area (Å²) >= 11 is 0. The highest BCUT2D eigenvalue weighted by atomic mass is 16.6. The van der Waals surface area contributed by atoms with E-state index in [1.54, 1.807) is 25.7 Å². The molecular formula is C27H42N4O5. The van der Waals surface area contributed by atoms with E-state index in [1.165, 1.54) is 0 Å². The first kappa shape index (κ1) is 29.1. The number of rotatable bonds is 10. The number of amides is 4. The molecule has 0 aliphatic heterocycles. The quantitative estimate of drug-likeness (QED) is 0.451. The van der Waals surface area contributed by atoms with Gasteiger partial charge in [0.15, 0.2) is 0 Å². The smallest absolute Gasteiger partial charge is 0.408 e. The summed E-state index contributed by atoms with van der Waals surface area (Å²) in [5.41, 5.74) is 7.26. The number of aryl methyl sites for hydroxylation is 1. The van der Waals surface area contributed by atoms with Gasteiger partial charge in [0.2, 0.25) is 17.7 Å². The molecule has 2 atom stereocenters. The van der Waals surface area contributed by atoms with Crippen LogP contribution in [-0.2, 0) is 19.1 Å². The minimum absolute atomic E-state index is 0.00193. The van der Waals surface area contributed by atoms with Crippen LogP contribution in [0.25, 0.3) is 0 Å². The van der Waals surface area contributed by atoms with Gasteiger partial charge in [0, 0.05) is 18.5 Å². The summed E-state index contributed by atoms with van der Waals surface area (Å²) in [7, 11) is 0. The third-order valence-electron chi connectivity index (χ3n) is 6.29. The van der Waals surface area contributed by atoms with Crippen LogP contribution in [-0.4, -0.2) is 52.4 Å². The molecule has 200 valence electrons. The van der Waals surface area contributed by atoms with Gasteiger partial charge in [-0.15, -0.1) is 0 Å². The predicted molar refractivity (Wildman–Crippen MR) is 138 cm³/mol. The van der Waals surface area contributed by atoms with Crippen LogP contribution in [0.15, 0.2) is 18.2 Å². The van der Waals surface area contributed by atoms with Gasteiger partial charge in [0.05, 0.1) is 0 Å². The SMILES string of the molecule is Cc1cccc(C(C(=O)NC(C)C)N(C(=O)C(CCC(N)=O)NC(=O)OC(C)(C)C)C2CCC2)c1C. The maximum absolute atomic E-state index is 14.1. The van der Waals surface area contributed by atoms with E-state index in [-0.39, 0.29) is 30.8 Å². The third kappa shape index (κ3) is 7.96. The monoisotopic (exact) mass is 502 g/mol. The molecule has 2 rings (SSSR count). The molecule has 4 amide bonds. The minimum atomic E-state index is -1.08. The number of ether oxygens (including phenoxy) is 1. The second kappa shape index (κ2) is 12.2. The topological polar surface area (TPSA) is 131 Å². The molecule has 0 saturated heterocycles. The Hall–Kier alpha value is -3.10. The number of carbonyl (C=O) groups is 4. The van der Waals surface area contributed by atoms with Crippen molar-refractivity contribution in [3.63, 3.8) is 0 Å². The number of nitrogens with two attached hydrogens (primary N) is 1. The standard InChI is InChI=1S/C27H42N4O5/c1-16(2)29-24(33)23(20-13-8-10-17(3)18(20)4)31(19-11-9-12-19)25(34)21(14-15-22(28)32)30-26(35)36-27(5,6)7/h8,10,13,16,19,21,23H,9,11-12,14-15H2,1-7H3,(H2,28,32)(H,29,33)(H,30,35). The molecule has 1 aliphatic carbocycles. The van der Waals surface area contributed by atoms with Gasteiger partial charge in [0.25, 0.3) is 0 Å². The molecule has 1 saturated carbocycles. The van der Waals surface area contributed by atoms with Crippen molar-refractivity contribution < 1.29 is 23.9 Å². The van der Waals surface area contributed by atoms with Crippen LogP contribution in [0.3, 0.4) is 0 Å². The van der Waals surface area contributed by atoms with Gasteiger partial charge in [-0.3, -0.25) is 14.4 Å². The summed E-state index contributed by atoms with van der Waals surface area (Å²) in [6.45, 7) is 12.8. The van der Waals surface area contributed by atoms with Crippen LogP contribution in [0.1, 0.15) is 89.5 Å². The predicted octanol–water partition coefficient (Wildman–Crippen LogP) is 3.41. The zero-order chi connectivity index (χ0) is 27.2. The Bertz CT molecular complexity index is 965. The van der Waals surface area contributed by atoms with E-state index in [0.29, 0.717) is 0 Å². The van der Waals surface area contributed by atoms with Crippen LogP contribution >= 0.6 is 0 Å². The lowest BCUT2D eigenvalue weighted by Crippen LogP contribution is -2.58. The normalized spacial score (nSPS) is 15.4. The molecule has 1 aliphatic rings. The van der Waals surface area contributed by atoms with Crippen LogP contribution in [0.2, 0.25) is 0 Å². The number of alkyl carbamates (subject to hydrolysis) is 1. The molecule has 2 unspecified atom stereocenters. The number of hydrogen-bond donors (Lipinski definition) is 3. The van der Waals surface area contributed by atoms with Crippen molar-refractivity contribution in [3.8, 4) is 0 Å². The van der Waals surface area contributed by atoms with Crippen LogP contribution in [0.4, 0.5) is 4.79 Å². The summed E-state index contributed by atoms with van der Waals surface area (Å²) < 4.78 is 5.37. The number of hydrogen-bond acceptors (Lipinski definition) is 5. The van der Waals surface area contributed by atoms with Crippen LogP contribution < -0.4 is 16.4 Å². The maximum atomic E-state index is 14.1. The van der Waals surface area contributed by atoms with E-state index < -0.39 is 35.6 Å². The van der Waals surface area contributed by atoms with Gasteiger partial charge in [-0.2, -0.15) is 0 Å². The van der Waals surface area contributed by atoms with Crippen molar-refractivity contribution >= 4 is 23.8 Å². The van der Waals surface area contributed by atoms with Crippen LogP contribution in [0, 0.1) is 13.8 Å². The van der Waals surface area contributed by atoms with Gasteiger partial charge < -0.3 is 26.0 Å². The number of carbonyl (C=O) groups excluding carboxylic acids is 4. The molecule has 36 heavy (non-hydrogen) atoms. The molecule has 1 aromatic carbocycles. The molecule has 0 aromatic heterocycles. The van der Waals surface area contributed by atoms with E-state index in [0.717, 1.165) is 36.0 Å². The first-order chi connectivity index (χ1) is 16.7. The lowest BCUT2D eigenvalue weighted by molar-refractivity contribution is -0.148. The van der Waals surface area contributed by atoms with Crippen molar-refractivity contribution in [1.82, 2.24) is 15.5 Å². The Labute approximate surface area is 214 Å². The Morgan fingerprint density at radius 3 is 2.25 bits per heavy atom. The lowest BCUT2D eigenvalue weighted by atomic mass is 9.86. The highest BCUT2D eigenvalue weighted by Crippen LogP contribution is 2.35. The molecule has 0 bridgehead atoms. The molecule has 0 radical (unpaired) electrons. The molecule has 9 nitrogen and oxygen atoms in total. The van der Waals surface area contributed by atoms with E-state index in [1.807, 2.05) is 45.9 Å². The van der Waals surface area contributed by atoms with Crippen molar-refractivity contribution in [3.05, 3.63) is 34.9 Å². The van der Waals surface area contributed by atoms with Gasteiger partial charge >= 0.3 is 6.09 Å². The summed E-state index contributed by atoms with van der Waals surface area (Å²) in [6.07, 6.45) is 1.56. The average Bonchev–Trinajstić information content (AvgIpc) is 2.69. The summed E-state index contributed by atoms with van der Waals surface area (Å²) in [6, 6.07) is 3.44. The zero-order valence-electron chi connectivity index (χ0n) is 22.6. The Kier molecular flexibility index (Phi) is 9.90. The summed E-state index contributed by atoms with van der Waals surface area (Å²) in [5.74, 6) is -1.31. The fourth-order valence-electron chi connectivity index (χ4n) is 4.21. The molecular weight excluding hydrogens is 460 g/mol. The number of benzene rings is 1. The van der Waals surface area contributed by atoms with Crippen molar-refractivity contribution in [1.29, 1.82) is 0 Å². The Balaban J connectivity index is 2.54. The summed E-state index contributed by atoms with van der Waals surface area (Å²) in [4.78, 5) is 53.5. The fraction of sp³-hybridized carbons (Fsp3) is 0.630. The highest BCUT2D eigenvalue weighted by molar-refractivity contribution is 5.93. The third-order valence-corrected chi connectivity index (χ3v) is 6.29. The van der Waals surface area contributed by atoms with Gasteiger partial charge in [-0.1, -0.05) is 18.2 Å². The average molecular weight is 503 g/mol. The van der Waals surface area contributed by atoms with Crippen molar-refractivity contribution in [2.75, 3.05) is 0 Å². The maximum Gasteiger partial charge on any atom is 0.408 e. The zero-order valence-corrected chi connectivity index (χ0v) is 22.6. The molecule has 0 spiro atoms. The van der Waals surface area contributed by atoms with Crippen LogP contribution in [0.5, 0.6) is 0 Å².